The monoisotopic (exact) mass is 193 g/mol. The lowest BCUT2D eigenvalue weighted by atomic mass is 10.3. The van der Waals surface area contributed by atoms with Crippen LogP contribution >= 0.6 is 0 Å². The largest absolute Gasteiger partial charge is 0.349 e. The lowest BCUT2D eigenvalue weighted by Crippen LogP contribution is -2.33. The molecule has 0 bridgehead atoms. The van der Waals surface area contributed by atoms with Crippen LogP contribution in [0.4, 0.5) is 0 Å². The Bertz CT molecular complexity index is 283. The van der Waals surface area contributed by atoms with Crippen LogP contribution in [-0.2, 0) is 11.3 Å². The molecule has 1 heterocycles. The summed E-state index contributed by atoms with van der Waals surface area (Å²) in [5, 5.41) is 0. The van der Waals surface area contributed by atoms with Crippen LogP contribution in [0.15, 0.2) is 30.6 Å². The molecular formula is C11H17N2O+. The van der Waals surface area contributed by atoms with Crippen molar-refractivity contribution in [1.82, 2.24) is 4.90 Å². The standard InChI is InChI=1S/C11H17N2O/c1-12(2)11(14)7-6-10-13-8-4-3-5-9-13/h3-5,8-9H,6-7,10H2,1-2H3/q+1. The Balaban J connectivity index is 2.26. The molecule has 3 nitrogen and oxygen atoms in total. The van der Waals surface area contributed by atoms with Crippen LogP contribution < -0.4 is 4.57 Å². The third kappa shape index (κ3) is 3.56. The lowest BCUT2D eigenvalue weighted by Gasteiger charge is -2.08. The predicted octanol–water partition coefficient (Wildman–Crippen LogP) is 0.842. The van der Waals surface area contributed by atoms with Crippen LogP contribution in [0, 0.1) is 0 Å². The van der Waals surface area contributed by atoms with E-state index in [-0.39, 0.29) is 5.91 Å². The molecule has 0 N–H and O–H groups in total. The Labute approximate surface area is 85.0 Å². The Kier molecular flexibility index (Phi) is 4.11. The quantitative estimate of drug-likeness (QED) is 0.650. The molecule has 0 saturated carbocycles. The number of nitrogens with zero attached hydrogens (tertiary/aromatic N) is 2. The van der Waals surface area contributed by atoms with Crippen molar-refractivity contribution in [2.45, 2.75) is 19.4 Å². The van der Waals surface area contributed by atoms with E-state index in [1.165, 1.54) is 0 Å². The highest BCUT2D eigenvalue weighted by Gasteiger charge is 2.05. The van der Waals surface area contributed by atoms with Crippen molar-refractivity contribution in [3.8, 4) is 0 Å². The van der Waals surface area contributed by atoms with Gasteiger partial charge in [-0.3, -0.25) is 4.79 Å². The second-order valence-corrected chi connectivity index (χ2v) is 3.51. The molecule has 1 aromatic rings. The van der Waals surface area contributed by atoms with Gasteiger partial charge >= 0.3 is 0 Å². The Morgan fingerprint density at radius 3 is 2.43 bits per heavy atom. The minimum absolute atomic E-state index is 0.196. The summed E-state index contributed by atoms with van der Waals surface area (Å²) in [4.78, 5) is 12.9. The molecule has 3 heteroatoms. The minimum atomic E-state index is 0.196. The van der Waals surface area contributed by atoms with Gasteiger partial charge in [-0.05, 0) is 0 Å². The van der Waals surface area contributed by atoms with Crippen LogP contribution in [0.2, 0.25) is 0 Å². The molecule has 14 heavy (non-hydrogen) atoms. The van der Waals surface area contributed by atoms with Crippen LogP contribution in [0.25, 0.3) is 0 Å². The first-order valence-electron chi connectivity index (χ1n) is 4.84. The van der Waals surface area contributed by atoms with Gasteiger partial charge in [0.25, 0.3) is 0 Å². The van der Waals surface area contributed by atoms with E-state index in [0.717, 1.165) is 13.0 Å². The first-order valence-corrected chi connectivity index (χ1v) is 4.84. The van der Waals surface area contributed by atoms with Gasteiger partial charge in [0.15, 0.2) is 12.4 Å². The number of hydrogen-bond donors (Lipinski definition) is 0. The van der Waals surface area contributed by atoms with Gasteiger partial charge in [-0.2, -0.15) is 0 Å². The first-order chi connectivity index (χ1) is 6.70. The Morgan fingerprint density at radius 1 is 1.21 bits per heavy atom. The summed E-state index contributed by atoms with van der Waals surface area (Å²) < 4.78 is 2.09. The molecule has 0 aliphatic heterocycles. The number of hydrogen-bond acceptors (Lipinski definition) is 1. The van der Waals surface area contributed by atoms with E-state index >= 15 is 0 Å². The molecule has 0 radical (unpaired) electrons. The summed E-state index contributed by atoms with van der Waals surface area (Å²) in [5.41, 5.74) is 0. The second-order valence-electron chi connectivity index (χ2n) is 3.51. The first kappa shape index (κ1) is 10.7. The lowest BCUT2D eigenvalue weighted by molar-refractivity contribution is -0.697. The summed E-state index contributed by atoms with van der Waals surface area (Å²) in [5.74, 6) is 0.196. The van der Waals surface area contributed by atoms with E-state index in [9.17, 15) is 4.79 Å². The molecular weight excluding hydrogens is 176 g/mol. The highest BCUT2D eigenvalue weighted by Crippen LogP contribution is 1.93. The molecule has 0 atom stereocenters. The van der Waals surface area contributed by atoms with Gasteiger partial charge in [0, 0.05) is 39.1 Å². The molecule has 0 saturated heterocycles. The SMILES string of the molecule is CN(C)C(=O)CCC[n+]1ccccc1. The summed E-state index contributed by atoms with van der Waals surface area (Å²) in [6, 6.07) is 5.98. The topological polar surface area (TPSA) is 24.2 Å². The molecule has 76 valence electrons. The van der Waals surface area contributed by atoms with E-state index in [1.54, 1.807) is 19.0 Å². The molecule has 0 aliphatic rings. The fourth-order valence-electron chi connectivity index (χ4n) is 1.22. The number of pyridine rings is 1. The molecule has 1 aromatic heterocycles. The van der Waals surface area contributed by atoms with E-state index < -0.39 is 0 Å². The van der Waals surface area contributed by atoms with Gasteiger partial charge in [-0.25, -0.2) is 4.57 Å². The zero-order valence-electron chi connectivity index (χ0n) is 8.81. The number of carbonyl (C=O) groups excluding carboxylic acids is 1. The van der Waals surface area contributed by atoms with Crippen LogP contribution in [0.3, 0.4) is 0 Å². The second kappa shape index (κ2) is 5.37. The maximum atomic E-state index is 11.2. The molecule has 0 aliphatic carbocycles. The Morgan fingerprint density at radius 2 is 1.86 bits per heavy atom. The summed E-state index contributed by atoms with van der Waals surface area (Å²) in [6.45, 7) is 0.903. The van der Waals surface area contributed by atoms with E-state index in [4.69, 9.17) is 0 Å². The number of aromatic nitrogens is 1. The fourth-order valence-corrected chi connectivity index (χ4v) is 1.22. The zero-order valence-corrected chi connectivity index (χ0v) is 8.81. The van der Waals surface area contributed by atoms with Gasteiger partial charge in [-0.15, -0.1) is 0 Å². The van der Waals surface area contributed by atoms with Gasteiger partial charge in [0.05, 0.1) is 0 Å². The van der Waals surface area contributed by atoms with E-state index in [0.29, 0.717) is 6.42 Å². The minimum Gasteiger partial charge on any atom is -0.349 e. The van der Waals surface area contributed by atoms with Crippen molar-refractivity contribution in [2.24, 2.45) is 0 Å². The van der Waals surface area contributed by atoms with Crippen molar-refractivity contribution in [3.05, 3.63) is 30.6 Å². The summed E-state index contributed by atoms with van der Waals surface area (Å²) in [7, 11) is 3.58. The highest BCUT2D eigenvalue weighted by atomic mass is 16.2. The van der Waals surface area contributed by atoms with E-state index in [1.807, 2.05) is 30.6 Å². The van der Waals surface area contributed by atoms with Crippen LogP contribution in [-0.4, -0.2) is 24.9 Å². The molecule has 0 aromatic carbocycles. The predicted molar refractivity (Wildman–Crippen MR) is 54.6 cm³/mol. The molecule has 0 unspecified atom stereocenters. The molecule has 0 fully saturated rings. The number of amides is 1. The molecule has 0 spiro atoms. The average Bonchev–Trinajstić information content (AvgIpc) is 2.19. The van der Waals surface area contributed by atoms with Crippen molar-refractivity contribution in [3.63, 3.8) is 0 Å². The number of carbonyl (C=O) groups is 1. The summed E-state index contributed by atoms with van der Waals surface area (Å²) >= 11 is 0. The third-order valence-corrected chi connectivity index (χ3v) is 2.08. The van der Waals surface area contributed by atoms with Gasteiger partial charge < -0.3 is 4.90 Å². The zero-order chi connectivity index (χ0) is 10.4. The normalized spacial score (nSPS) is 9.86. The fraction of sp³-hybridized carbons (Fsp3) is 0.455. The molecule has 1 amide bonds. The maximum absolute atomic E-state index is 11.2. The van der Waals surface area contributed by atoms with Crippen molar-refractivity contribution in [1.29, 1.82) is 0 Å². The van der Waals surface area contributed by atoms with Gasteiger partial charge in [0.2, 0.25) is 5.91 Å². The Hall–Kier alpha value is -1.38. The summed E-state index contributed by atoms with van der Waals surface area (Å²) in [6.07, 6.45) is 5.54. The number of aryl methyl sites for hydroxylation is 1. The molecule has 1 rings (SSSR count). The van der Waals surface area contributed by atoms with Crippen LogP contribution in [0.5, 0.6) is 0 Å². The van der Waals surface area contributed by atoms with Gasteiger partial charge in [0.1, 0.15) is 6.54 Å². The van der Waals surface area contributed by atoms with Crippen molar-refractivity contribution >= 4 is 5.91 Å². The van der Waals surface area contributed by atoms with Crippen LogP contribution in [0.1, 0.15) is 12.8 Å². The highest BCUT2D eigenvalue weighted by molar-refractivity contribution is 5.75. The average molecular weight is 193 g/mol. The van der Waals surface area contributed by atoms with E-state index in [2.05, 4.69) is 4.57 Å². The number of rotatable bonds is 4. The third-order valence-electron chi connectivity index (χ3n) is 2.08. The van der Waals surface area contributed by atoms with Crippen molar-refractivity contribution in [2.75, 3.05) is 14.1 Å². The van der Waals surface area contributed by atoms with Gasteiger partial charge in [-0.1, -0.05) is 6.07 Å². The smallest absolute Gasteiger partial charge is 0.222 e. The maximum Gasteiger partial charge on any atom is 0.222 e. The van der Waals surface area contributed by atoms with Crippen molar-refractivity contribution < 1.29 is 9.36 Å².